The van der Waals surface area contributed by atoms with Crippen molar-refractivity contribution in [1.29, 1.82) is 0 Å². The number of aromatic nitrogens is 1. The van der Waals surface area contributed by atoms with Crippen LogP contribution in [0.25, 0.3) is 10.9 Å². The summed E-state index contributed by atoms with van der Waals surface area (Å²) in [5.41, 5.74) is 7.13. The number of nitrogens with two attached hydrogens (primary N) is 1. The first-order valence-electron chi connectivity index (χ1n) is 7.23. The normalized spacial score (nSPS) is 15.6. The molecule has 0 saturated heterocycles. The Balaban J connectivity index is 1.98. The maximum Gasteiger partial charge on any atom is 0.237 e. The number of benzene rings is 1. The Kier molecular flexibility index (Phi) is 4.65. The van der Waals surface area contributed by atoms with Gasteiger partial charge in [0, 0.05) is 23.6 Å². The molecule has 1 unspecified atom stereocenters. The van der Waals surface area contributed by atoms with E-state index in [0.29, 0.717) is 12.8 Å². The maximum atomic E-state index is 12.0. The van der Waals surface area contributed by atoms with E-state index in [9.17, 15) is 9.90 Å². The number of amides is 1. The lowest BCUT2D eigenvalue weighted by atomic mass is 10.0. The number of aliphatic hydroxyl groups is 1. The monoisotopic (exact) mass is 289 g/mol. The molecule has 0 aliphatic rings. The number of rotatable bonds is 6. The molecule has 5 nitrogen and oxygen atoms in total. The van der Waals surface area contributed by atoms with Crippen LogP contribution >= 0.6 is 0 Å². The molecule has 2 rings (SSSR count). The van der Waals surface area contributed by atoms with Gasteiger partial charge in [-0.2, -0.15) is 0 Å². The second kappa shape index (κ2) is 6.28. The summed E-state index contributed by atoms with van der Waals surface area (Å²) in [7, 11) is 0. The Morgan fingerprint density at radius 2 is 2.19 bits per heavy atom. The maximum absolute atomic E-state index is 12.0. The van der Waals surface area contributed by atoms with Crippen LogP contribution < -0.4 is 11.1 Å². The van der Waals surface area contributed by atoms with Crippen molar-refractivity contribution in [3.8, 4) is 0 Å². The van der Waals surface area contributed by atoms with E-state index < -0.39 is 11.6 Å². The lowest BCUT2D eigenvalue weighted by molar-refractivity contribution is -0.123. The van der Waals surface area contributed by atoms with Gasteiger partial charge in [0.05, 0.1) is 11.6 Å². The number of carbonyl (C=O) groups is 1. The zero-order valence-corrected chi connectivity index (χ0v) is 12.5. The minimum atomic E-state index is -0.893. The molecule has 0 bridgehead atoms. The molecule has 1 heterocycles. The van der Waals surface area contributed by atoms with Crippen molar-refractivity contribution in [3.63, 3.8) is 0 Å². The van der Waals surface area contributed by atoms with Gasteiger partial charge in [0.2, 0.25) is 5.91 Å². The van der Waals surface area contributed by atoms with Crippen molar-refractivity contribution in [2.45, 2.75) is 38.3 Å². The van der Waals surface area contributed by atoms with Gasteiger partial charge in [0.1, 0.15) is 0 Å². The summed E-state index contributed by atoms with van der Waals surface area (Å²) < 4.78 is 0. The van der Waals surface area contributed by atoms with E-state index in [1.54, 1.807) is 6.92 Å². The molecule has 5 N–H and O–H groups in total. The van der Waals surface area contributed by atoms with Crippen molar-refractivity contribution < 1.29 is 9.90 Å². The van der Waals surface area contributed by atoms with Gasteiger partial charge in [0.15, 0.2) is 0 Å². The first-order chi connectivity index (χ1) is 9.93. The van der Waals surface area contributed by atoms with Gasteiger partial charge in [-0.05, 0) is 31.4 Å². The predicted octanol–water partition coefficient (Wildman–Crippen LogP) is 1.31. The van der Waals surface area contributed by atoms with Crippen LogP contribution in [0.15, 0.2) is 30.5 Å². The second-order valence-corrected chi connectivity index (χ2v) is 5.74. The van der Waals surface area contributed by atoms with E-state index in [1.807, 2.05) is 37.4 Å². The summed E-state index contributed by atoms with van der Waals surface area (Å²) in [5.74, 6) is -0.242. The second-order valence-electron chi connectivity index (χ2n) is 5.74. The van der Waals surface area contributed by atoms with Crippen LogP contribution in [0, 0.1) is 0 Å². The Labute approximate surface area is 124 Å². The Bertz CT molecular complexity index is 619. The number of carbonyl (C=O) groups excluding carboxylic acids is 1. The fourth-order valence-electron chi connectivity index (χ4n) is 2.16. The third kappa shape index (κ3) is 3.83. The van der Waals surface area contributed by atoms with E-state index >= 15 is 0 Å². The number of aromatic amines is 1. The molecule has 1 amide bonds. The molecule has 5 heteroatoms. The topological polar surface area (TPSA) is 91.1 Å². The van der Waals surface area contributed by atoms with Gasteiger partial charge in [-0.1, -0.05) is 25.1 Å². The highest BCUT2D eigenvalue weighted by atomic mass is 16.3. The van der Waals surface area contributed by atoms with Gasteiger partial charge < -0.3 is 21.1 Å². The van der Waals surface area contributed by atoms with E-state index in [1.165, 1.54) is 0 Å². The van der Waals surface area contributed by atoms with Crippen LogP contribution in [0.2, 0.25) is 0 Å². The molecule has 1 aromatic carbocycles. The summed E-state index contributed by atoms with van der Waals surface area (Å²) >= 11 is 0. The molecule has 1 aromatic heterocycles. The molecule has 0 spiro atoms. The van der Waals surface area contributed by atoms with Crippen LogP contribution in [0.5, 0.6) is 0 Å². The lowest BCUT2D eigenvalue weighted by Crippen LogP contribution is -2.47. The van der Waals surface area contributed by atoms with Gasteiger partial charge in [-0.3, -0.25) is 4.79 Å². The van der Waals surface area contributed by atoms with Gasteiger partial charge in [0.25, 0.3) is 0 Å². The van der Waals surface area contributed by atoms with Crippen molar-refractivity contribution in [2.24, 2.45) is 5.73 Å². The minimum Gasteiger partial charge on any atom is -0.388 e. The fourth-order valence-corrected chi connectivity index (χ4v) is 2.16. The molecule has 0 saturated carbocycles. The molecule has 0 aliphatic carbocycles. The van der Waals surface area contributed by atoms with E-state index in [-0.39, 0.29) is 12.5 Å². The van der Waals surface area contributed by atoms with E-state index in [2.05, 4.69) is 10.3 Å². The molecule has 0 fully saturated rings. The average Bonchev–Trinajstić information content (AvgIpc) is 2.88. The molecular formula is C16H23N3O2. The van der Waals surface area contributed by atoms with Crippen molar-refractivity contribution in [1.82, 2.24) is 10.3 Å². The standard InChI is InChI=1S/C16H23N3O2/c1-3-16(2,21)10-19-15(20)13(17)8-11-9-18-14-7-5-4-6-12(11)14/h4-7,9,13,18,21H,3,8,10,17H2,1-2H3,(H,19,20)/t13-,16?/m0/s1. The van der Waals surface area contributed by atoms with E-state index in [4.69, 9.17) is 5.73 Å². The zero-order valence-electron chi connectivity index (χ0n) is 12.5. The highest BCUT2D eigenvalue weighted by molar-refractivity contribution is 5.86. The smallest absolute Gasteiger partial charge is 0.237 e. The summed E-state index contributed by atoms with van der Waals surface area (Å²) in [6.45, 7) is 3.78. The van der Waals surface area contributed by atoms with Crippen LogP contribution in [-0.2, 0) is 11.2 Å². The number of hydrogen-bond donors (Lipinski definition) is 4. The lowest BCUT2D eigenvalue weighted by Gasteiger charge is -2.22. The Morgan fingerprint density at radius 3 is 2.90 bits per heavy atom. The van der Waals surface area contributed by atoms with Crippen LogP contribution in [0.4, 0.5) is 0 Å². The first-order valence-corrected chi connectivity index (χ1v) is 7.23. The Hall–Kier alpha value is -1.85. The minimum absolute atomic E-state index is 0.212. The summed E-state index contributed by atoms with van der Waals surface area (Å²) in [6.07, 6.45) is 2.93. The summed E-state index contributed by atoms with van der Waals surface area (Å²) in [5, 5.41) is 13.7. The first kappa shape index (κ1) is 15.5. The van der Waals surface area contributed by atoms with Crippen LogP contribution in [-0.4, -0.2) is 34.2 Å². The Morgan fingerprint density at radius 1 is 1.48 bits per heavy atom. The molecular weight excluding hydrogens is 266 g/mol. The third-order valence-corrected chi connectivity index (χ3v) is 3.86. The third-order valence-electron chi connectivity index (χ3n) is 3.86. The highest BCUT2D eigenvalue weighted by Gasteiger charge is 2.21. The number of hydrogen-bond acceptors (Lipinski definition) is 3. The van der Waals surface area contributed by atoms with Crippen LogP contribution in [0.3, 0.4) is 0 Å². The molecule has 2 atom stereocenters. The van der Waals surface area contributed by atoms with Gasteiger partial charge >= 0.3 is 0 Å². The molecule has 0 aliphatic heterocycles. The van der Waals surface area contributed by atoms with Gasteiger partial charge in [-0.15, -0.1) is 0 Å². The van der Waals surface area contributed by atoms with E-state index in [0.717, 1.165) is 16.5 Å². The molecule has 2 aromatic rings. The summed E-state index contributed by atoms with van der Waals surface area (Å²) in [6, 6.07) is 7.29. The average molecular weight is 289 g/mol. The van der Waals surface area contributed by atoms with Crippen molar-refractivity contribution >= 4 is 16.8 Å². The molecule has 114 valence electrons. The van der Waals surface area contributed by atoms with Gasteiger partial charge in [-0.25, -0.2) is 0 Å². The number of nitrogens with one attached hydrogen (secondary N) is 2. The summed E-state index contributed by atoms with van der Waals surface area (Å²) in [4.78, 5) is 15.2. The predicted molar refractivity (Wildman–Crippen MR) is 83.9 cm³/mol. The fraction of sp³-hybridized carbons (Fsp3) is 0.438. The quantitative estimate of drug-likeness (QED) is 0.646. The van der Waals surface area contributed by atoms with Crippen molar-refractivity contribution in [2.75, 3.05) is 6.54 Å². The van der Waals surface area contributed by atoms with Crippen LogP contribution in [0.1, 0.15) is 25.8 Å². The number of para-hydroxylation sites is 1. The van der Waals surface area contributed by atoms with Crippen molar-refractivity contribution in [3.05, 3.63) is 36.0 Å². The molecule has 0 radical (unpaired) electrons. The molecule has 21 heavy (non-hydrogen) atoms. The highest BCUT2D eigenvalue weighted by Crippen LogP contribution is 2.18. The zero-order chi connectivity index (χ0) is 15.5. The number of H-pyrrole nitrogens is 1. The largest absolute Gasteiger partial charge is 0.388 e. The number of fused-ring (bicyclic) bond motifs is 1. The SMILES string of the molecule is CCC(C)(O)CNC(=O)[C@@H](N)Cc1c[nH]c2ccccc12.